The normalized spacial score (nSPS) is 16.6. The molecule has 0 spiro atoms. The van der Waals surface area contributed by atoms with Crippen LogP contribution in [0.5, 0.6) is 0 Å². The van der Waals surface area contributed by atoms with Crippen LogP contribution in [0.3, 0.4) is 0 Å². The Hall–Kier alpha value is -3.26. The number of nitrogens with zero attached hydrogens (tertiary/aromatic N) is 5. The molecule has 1 saturated heterocycles. The zero-order chi connectivity index (χ0) is 23.1. The molecule has 172 valence electrons. The third-order valence-corrected chi connectivity index (χ3v) is 6.67. The van der Waals surface area contributed by atoms with E-state index in [0.717, 1.165) is 24.3 Å². The minimum Gasteiger partial charge on any atom is -0.336 e. The Morgan fingerprint density at radius 2 is 1.85 bits per heavy atom. The number of aryl methyl sites for hydroxylation is 1. The number of hydrogen-bond donors (Lipinski definition) is 0. The Morgan fingerprint density at radius 3 is 2.61 bits per heavy atom. The van der Waals surface area contributed by atoms with E-state index in [2.05, 4.69) is 21.1 Å². The van der Waals surface area contributed by atoms with Gasteiger partial charge in [-0.25, -0.2) is 4.98 Å². The lowest BCUT2D eigenvalue weighted by atomic mass is 10.0. The highest BCUT2D eigenvalue weighted by atomic mass is 16.5. The van der Waals surface area contributed by atoms with E-state index in [-0.39, 0.29) is 17.7 Å². The summed E-state index contributed by atoms with van der Waals surface area (Å²) in [6.07, 6.45) is 0.908. The zero-order valence-electron chi connectivity index (χ0n) is 19.4. The van der Waals surface area contributed by atoms with Crippen LogP contribution >= 0.6 is 0 Å². The van der Waals surface area contributed by atoms with Crippen molar-refractivity contribution in [3.8, 4) is 0 Å². The van der Waals surface area contributed by atoms with Crippen molar-refractivity contribution in [2.45, 2.75) is 33.1 Å². The summed E-state index contributed by atoms with van der Waals surface area (Å²) in [6, 6.07) is 9.98. The van der Waals surface area contributed by atoms with Gasteiger partial charge >= 0.3 is 0 Å². The molecule has 5 rings (SSSR count). The molecule has 2 aliphatic heterocycles. The Labute approximate surface area is 193 Å². The molecule has 0 N–H and O–H groups in total. The molecule has 4 heterocycles. The number of aromatic nitrogens is 2. The number of rotatable bonds is 4. The second-order valence-electron chi connectivity index (χ2n) is 9.19. The van der Waals surface area contributed by atoms with Crippen molar-refractivity contribution in [1.29, 1.82) is 0 Å². The van der Waals surface area contributed by atoms with Gasteiger partial charge in [0.25, 0.3) is 11.6 Å². The third kappa shape index (κ3) is 3.99. The van der Waals surface area contributed by atoms with Crippen LogP contribution in [0.1, 0.15) is 47.1 Å². The van der Waals surface area contributed by atoms with Crippen LogP contribution in [0.25, 0.3) is 11.1 Å². The quantitative estimate of drug-likeness (QED) is 0.612. The van der Waals surface area contributed by atoms with Gasteiger partial charge in [-0.2, -0.15) is 0 Å². The van der Waals surface area contributed by atoms with E-state index in [0.29, 0.717) is 55.1 Å². The minimum atomic E-state index is -0.0324. The van der Waals surface area contributed by atoms with Crippen LogP contribution in [0.2, 0.25) is 0 Å². The Bertz CT molecular complexity index is 1210. The first-order chi connectivity index (χ1) is 15.9. The molecule has 0 saturated carbocycles. The number of fused-ring (bicyclic) bond motifs is 2. The van der Waals surface area contributed by atoms with Crippen molar-refractivity contribution < 1.29 is 14.1 Å². The lowest BCUT2D eigenvalue weighted by Crippen LogP contribution is -2.51. The molecular weight excluding hydrogens is 418 g/mol. The Balaban J connectivity index is 1.26. The first-order valence-corrected chi connectivity index (χ1v) is 11.6. The fraction of sp³-hybridized carbons (Fsp3) is 0.440. The van der Waals surface area contributed by atoms with Crippen LogP contribution in [0.15, 0.2) is 34.9 Å². The maximum absolute atomic E-state index is 13.4. The smallest absolute Gasteiger partial charge is 0.259 e. The summed E-state index contributed by atoms with van der Waals surface area (Å²) in [5, 5.41) is 4.71. The van der Waals surface area contributed by atoms with Crippen molar-refractivity contribution in [3.63, 3.8) is 0 Å². The number of amides is 2. The number of piperazine rings is 1. The van der Waals surface area contributed by atoms with Gasteiger partial charge in [-0.1, -0.05) is 37.2 Å². The lowest BCUT2D eigenvalue weighted by molar-refractivity contribution is -0.120. The molecule has 2 aromatic heterocycles. The first kappa shape index (κ1) is 21.6. The Morgan fingerprint density at radius 1 is 1.09 bits per heavy atom. The average molecular weight is 448 g/mol. The van der Waals surface area contributed by atoms with Gasteiger partial charge in [-0.15, -0.1) is 0 Å². The number of pyridine rings is 1. The van der Waals surface area contributed by atoms with Crippen LogP contribution in [-0.2, 0) is 11.2 Å². The van der Waals surface area contributed by atoms with Crippen LogP contribution in [0, 0.1) is 6.92 Å². The largest absolute Gasteiger partial charge is 0.336 e. The van der Waals surface area contributed by atoms with Gasteiger partial charge in [0, 0.05) is 44.1 Å². The standard InChI is InChI=1S/C25H29N5O3/c1-16(2)20-14-19(23-17(3)27-33-24(23)26-20)25(32)29-12-10-28(11-13-29)15-22(31)30-9-8-18-6-4-5-7-21(18)30/h4-7,14,16H,8-13,15H2,1-3H3. The van der Waals surface area contributed by atoms with E-state index in [9.17, 15) is 9.59 Å². The fourth-order valence-corrected chi connectivity index (χ4v) is 4.73. The maximum atomic E-state index is 13.4. The van der Waals surface area contributed by atoms with E-state index < -0.39 is 0 Å². The van der Waals surface area contributed by atoms with Crippen LogP contribution in [-0.4, -0.2) is 71.0 Å². The predicted molar refractivity (Wildman–Crippen MR) is 125 cm³/mol. The van der Waals surface area contributed by atoms with Crippen LogP contribution in [0.4, 0.5) is 5.69 Å². The lowest BCUT2D eigenvalue weighted by Gasteiger charge is -2.35. The summed E-state index contributed by atoms with van der Waals surface area (Å²) in [5.74, 6) is 0.261. The SMILES string of the molecule is Cc1noc2nc(C(C)C)cc(C(=O)N3CCN(CC(=O)N4CCc5ccccc54)CC3)c12. The van der Waals surface area contributed by atoms with E-state index in [4.69, 9.17) is 4.52 Å². The van der Waals surface area contributed by atoms with Gasteiger partial charge in [0.15, 0.2) is 0 Å². The van der Waals surface area contributed by atoms with Crippen molar-refractivity contribution in [3.05, 3.63) is 52.8 Å². The van der Waals surface area contributed by atoms with Gasteiger partial charge < -0.3 is 14.3 Å². The minimum absolute atomic E-state index is 0.0324. The molecule has 0 bridgehead atoms. The summed E-state index contributed by atoms with van der Waals surface area (Å²) in [7, 11) is 0. The molecule has 33 heavy (non-hydrogen) atoms. The Kier molecular flexibility index (Phi) is 5.62. The molecule has 8 heteroatoms. The molecule has 0 atom stereocenters. The number of anilines is 1. The van der Waals surface area contributed by atoms with E-state index in [1.54, 1.807) is 0 Å². The van der Waals surface area contributed by atoms with E-state index in [1.807, 2.05) is 54.8 Å². The second kappa shape index (κ2) is 8.59. The van der Waals surface area contributed by atoms with Gasteiger partial charge in [0.1, 0.15) is 0 Å². The van der Waals surface area contributed by atoms with Crippen LogP contribution < -0.4 is 4.90 Å². The molecule has 2 amide bonds. The van der Waals surface area contributed by atoms with Crippen molar-refractivity contribution in [2.75, 3.05) is 44.2 Å². The van der Waals surface area contributed by atoms with Gasteiger partial charge in [-0.05, 0) is 37.0 Å². The summed E-state index contributed by atoms with van der Waals surface area (Å²) < 4.78 is 5.37. The second-order valence-corrected chi connectivity index (χ2v) is 9.19. The van der Waals surface area contributed by atoms with Gasteiger partial charge in [0.2, 0.25) is 5.91 Å². The van der Waals surface area contributed by atoms with Crippen molar-refractivity contribution in [1.82, 2.24) is 19.9 Å². The predicted octanol–water partition coefficient (Wildman–Crippen LogP) is 3.00. The van der Waals surface area contributed by atoms with E-state index >= 15 is 0 Å². The molecule has 0 radical (unpaired) electrons. The summed E-state index contributed by atoms with van der Waals surface area (Å²) in [6.45, 7) is 9.52. The summed E-state index contributed by atoms with van der Waals surface area (Å²) in [4.78, 5) is 36.8. The zero-order valence-corrected chi connectivity index (χ0v) is 19.4. The number of benzene rings is 1. The van der Waals surface area contributed by atoms with Crippen molar-refractivity contribution >= 4 is 28.6 Å². The molecule has 3 aromatic rings. The van der Waals surface area contributed by atoms with E-state index in [1.165, 1.54) is 5.56 Å². The topological polar surface area (TPSA) is 82.8 Å². The molecule has 1 aromatic carbocycles. The number of hydrogen-bond acceptors (Lipinski definition) is 6. The highest BCUT2D eigenvalue weighted by molar-refractivity contribution is 6.06. The molecule has 8 nitrogen and oxygen atoms in total. The first-order valence-electron chi connectivity index (χ1n) is 11.6. The fourth-order valence-electron chi connectivity index (χ4n) is 4.73. The monoisotopic (exact) mass is 447 g/mol. The van der Waals surface area contributed by atoms with Gasteiger partial charge in [0.05, 0.1) is 23.2 Å². The van der Waals surface area contributed by atoms with Gasteiger partial charge in [-0.3, -0.25) is 14.5 Å². The molecule has 2 aliphatic rings. The molecule has 0 aliphatic carbocycles. The summed E-state index contributed by atoms with van der Waals surface area (Å²) in [5.41, 5.74) is 4.76. The number of carbonyl (C=O) groups excluding carboxylic acids is 2. The molecular formula is C25H29N5O3. The highest BCUT2D eigenvalue weighted by Crippen LogP contribution is 2.28. The number of para-hydroxylation sites is 1. The van der Waals surface area contributed by atoms with Crippen molar-refractivity contribution in [2.24, 2.45) is 0 Å². The molecule has 0 unspecified atom stereocenters. The maximum Gasteiger partial charge on any atom is 0.259 e. The summed E-state index contributed by atoms with van der Waals surface area (Å²) >= 11 is 0. The number of carbonyl (C=O) groups is 2. The average Bonchev–Trinajstić information content (AvgIpc) is 3.42. The third-order valence-electron chi connectivity index (χ3n) is 6.67. The molecule has 1 fully saturated rings. The highest BCUT2D eigenvalue weighted by Gasteiger charge is 2.29.